The third-order valence-corrected chi connectivity index (χ3v) is 5.78. The maximum atomic E-state index is 12.9. The average Bonchev–Trinajstić information content (AvgIpc) is 3.38. The number of ether oxygens (including phenoxy) is 1. The number of amides is 1. The monoisotopic (exact) mass is 410 g/mol. The molecule has 4 rings (SSSR count). The molecule has 1 aliphatic heterocycles. The van der Waals surface area contributed by atoms with Gasteiger partial charge in [-0.15, -0.1) is 0 Å². The first-order chi connectivity index (χ1) is 14.0. The molecule has 0 saturated carbocycles. The summed E-state index contributed by atoms with van der Waals surface area (Å²) in [5.74, 6) is -0.0849. The van der Waals surface area contributed by atoms with Crippen molar-refractivity contribution in [1.29, 1.82) is 0 Å². The number of ketones is 1. The van der Waals surface area contributed by atoms with Gasteiger partial charge in [0.25, 0.3) is 11.7 Å². The molecular weight excluding hydrogens is 388 g/mol. The molecule has 1 aromatic heterocycles. The lowest BCUT2D eigenvalue weighted by molar-refractivity contribution is -0.125. The predicted molar refractivity (Wildman–Crippen MR) is 114 cm³/mol. The number of likely N-dealkylation sites (tertiary alicyclic amines) is 1. The van der Waals surface area contributed by atoms with Crippen LogP contribution in [-0.2, 0) is 11.3 Å². The molecule has 0 radical (unpaired) electrons. The van der Waals surface area contributed by atoms with Gasteiger partial charge >= 0.3 is 0 Å². The summed E-state index contributed by atoms with van der Waals surface area (Å²) in [5, 5.41) is 1.51. The van der Waals surface area contributed by atoms with Gasteiger partial charge < -0.3 is 14.2 Å². The van der Waals surface area contributed by atoms with E-state index in [1.807, 2.05) is 54.0 Å². The summed E-state index contributed by atoms with van der Waals surface area (Å²) >= 11 is 6.06. The second kappa shape index (κ2) is 8.29. The van der Waals surface area contributed by atoms with Gasteiger partial charge in [0.1, 0.15) is 12.4 Å². The molecular formula is C23H23ClN2O3. The Morgan fingerprint density at radius 1 is 1.10 bits per heavy atom. The number of carbonyl (C=O) groups is 2. The van der Waals surface area contributed by atoms with Crippen LogP contribution in [-0.4, -0.2) is 40.9 Å². The van der Waals surface area contributed by atoms with Gasteiger partial charge in [-0.2, -0.15) is 0 Å². The summed E-state index contributed by atoms with van der Waals surface area (Å²) in [6.07, 6.45) is 3.70. The molecule has 5 nitrogen and oxygen atoms in total. The van der Waals surface area contributed by atoms with Crippen LogP contribution in [0.5, 0.6) is 5.75 Å². The van der Waals surface area contributed by atoms with E-state index in [2.05, 4.69) is 0 Å². The summed E-state index contributed by atoms with van der Waals surface area (Å²) < 4.78 is 7.83. The van der Waals surface area contributed by atoms with Crippen LogP contribution < -0.4 is 4.74 Å². The van der Waals surface area contributed by atoms with Gasteiger partial charge in [0.2, 0.25) is 0 Å². The SMILES string of the molecule is Cc1cc(OCCn2cc(C(=O)C(=O)N3CCCC3)c3ccccc32)ccc1Cl. The van der Waals surface area contributed by atoms with Crippen molar-refractivity contribution < 1.29 is 14.3 Å². The zero-order valence-corrected chi connectivity index (χ0v) is 17.1. The fourth-order valence-corrected chi connectivity index (χ4v) is 3.88. The largest absolute Gasteiger partial charge is 0.492 e. The van der Waals surface area contributed by atoms with E-state index >= 15 is 0 Å². The van der Waals surface area contributed by atoms with Gasteiger partial charge in [0, 0.05) is 35.2 Å². The lowest BCUT2D eigenvalue weighted by atomic mass is 10.1. The number of Topliss-reactive ketones (excluding diaryl/α,β-unsaturated/α-hetero) is 1. The van der Waals surface area contributed by atoms with Crippen molar-refractivity contribution in [2.45, 2.75) is 26.3 Å². The minimum absolute atomic E-state index is 0.404. The molecule has 0 N–H and O–H groups in total. The average molecular weight is 411 g/mol. The number of hydrogen-bond donors (Lipinski definition) is 0. The highest BCUT2D eigenvalue weighted by Gasteiger charge is 2.27. The number of carbonyl (C=O) groups excluding carboxylic acids is 2. The topological polar surface area (TPSA) is 51.5 Å². The highest BCUT2D eigenvalue weighted by atomic mass is 35.5. The Hall–Kier alpha value is -2.79. The summed E-state index contributed by atoms with van der Waals surface area (Å²) in [4.78, 5) is 27.1. The van der Waals surface area contributed by atoms with Crippen LogP contribution in [0.15, 0.2) is 48.7 Å². The van der Waals surface area contributed by atoms with Crippen molar-refractivity contribution in [3.05, 3.63) is 64.8 Å². The first kappa shape index (κ1) is 19.5. The number of aromatic nitrogens is 1. The zero-order chi connectivity index (χ0) is 20.4. The smallest absolute Gasteiger partial charge is 0.295 e. The molecule has 150 valence electrons. The standard InChI is InChI=1S/C23H23ClN2O3/c1-16-14-17(8-9-20(16)24)29-13-12-26-15-19(18-6-2-3-7-21(18)26)22(27)23(28)25-10-4-5-11-25/h2-3,6-9,14-15H,4-5,10-13H2,1H3. The molecule has 3 aromatic rings. The van der Waals surface area contributed by atoms with Crippen LogP contribution in [0, 0.1) is 6.92 Å². The van der Waals surface area contributed by atoms with Crippen LogP contribution in [0.25, 0.3) is 10.9 Å². The molecule has 0 aliphatic carbocycles. The van der Waals surface area contributed by atoms with Crippen molar-refractivity contribution in [3.63, 3.8) is 0 Å². The van der Waals surface area contributed by atoms with Gasteiger partial charge in [-0.1, -0.05) is 29.8 Å². The number of nitrogens with zero attached hydrogens (tertiary/aromatic N) is 2. The first-order valence-electron chi connectivity index (χ1n) is 9.85. The molecule has 0 bridgehead atoms. The van der Waals surface area contributed by atoms with Gasteiger partial charge in [0.05, 0.1) is 12.1 Å². The number of aryl methyl sites for hydroxylation is 1. The summed E-state index contributed by atoms with van der Waals surface area (Å²) in [5.41, 5.74) is 2.34. The van der Waals surface area contributed by atoms with Crippen LogP contribution in [0.3, 0.4) is 0 Å². The maximum absolute atomic E-state index is 12.9. The number of benzene rings is 2. The van der Waals surface area contributed by atoms with E-state index < -0.39 is 11.7 Å². The molecule has 0 spiro atoms. The normalized spacial score (nSPS) is 13.8. The van der Waals surface area contributed by atoms with Crippen molar-refractivity contribution in [2.24, 2.45) is 0 Å². The Morgan fingerprint density at radius 2 is 1.86 bits per heavy atom. The number of fused-ring (bicyclic) bond motifs is 1. The quantitative estimate of drug-likeness (QED) is 0.444. The van der Waals surface area contributed by atoms with Crippen molar-refractivity contribution in [2.75, 3.05) is 19.7 Å². The zero-order valence-electron chi connectivity index (χ0n) is 16.4. The van der Waals surface area contributed by atoms with Crippen molar-refractivity contribution in [1.82, 2.24) is 9.47 Å². The summed E-state index contributed by atoms with van der Waals surface area (Å²) in [6, 6.07) is 13.2. The molecule has 1 amide bonds. The number of rotatable bonds is 6. The highest BCUT2D eigenvalue weighted by Crippen LogP contribution is 2.24. The van der Waals surface area contributed by atoms with Gasteiger partial charge in [-0.25, -0.2) is 0 Å². The Balaban J connectivity index is 1.53. The molecule has 6 heteroatoms. The Morgan fingerprint density at radius 3 is 2.62 bits per heavy atom. The first-order valence-corrected chi connectivity index (χ1v) is 10.2. The third kappa shape index (κ3) is 4.01. The number of para-hydroxylation sites is 1. The highest BCUT2D eigenvalue weighted by molar-refractivity contribution is 6.44. The molecule has 0 atom stereocenters. The lowest BCUT2D eigenvalue weighted by Crippen LogP contribution is -2.34. The Bertz CT molecular complexity index is 1070. The fourth-order valence-electron chi connectivity index (χ4n) is 3.76. The van der Waals surface area contributed by atoms with Gasteiger partial charge in [-0.05, 0) is 49.6 Å². The van der Waals surface area contributed by atoms with Crippen LogP contribution >= 0.6 is 11.6 Å². The Labute approximate surface area is 174 Å². The fraction of sp³-hybridized carbons (Fsp3) is 0.304. The van der Waals surface area contributed by atoms with E-state index in [-0.39, 0.29) is 0 Å². The third-order valence-electron chi connectivity index (χ3n) is 5.35. The summed E-state index contributed by atoms with van der Waals surface area (Å²) in [6.45, 7) is 4.26. The molecule has 1 saturated heterocycles. The van der Waals surface area contributed by atoms with E-state index in [4.69, 9.17) is 16.3 Å². The minimum Gasteiger partial charge on any atom is -0.492 e. The van der Waals surface area contributed by atoms with Crippen molar-refractivity contribution in [3.8, 4) is 5.75 Å². The van der Waals surface area contributed by atoms with Crippen molar-refractivity contribution >= 4 is 34.2 Å². The van der Waals surface area contributed by atoms with Gasteiger partial charge in [0.15, 0.2) is 0 Å². The van der Waals surface area contributed by atoms with E-state index in [0.717, 1.165) is 35.1 Å². The van der Waals surface area contributed by atoms with Gasteiger partial charge in [-0.3, -0.25) is 9.59 Å². The molecule has 1 fully saturated rings. The van der Waals surface area contributed by atoms with E-state index in [0.29, 0.717) is 36.8 Å². The Kier molecular flexibility index (Phi) is 5.58. The number of halogens is 1. The van der Waals surface area contributed by atoms with E-state index in [1.165, 1.54) is 0 Å². The second-order valence-corrected chi connectivity index (χ2v) is 7.75. The second-order valence-electron chi connectivity index (χ2n) is 7.34. The summed E-state index contributed by atoms with van der Waals surface area (Å²) in [7, 11) is 0. The minimum atomic E-state index is -0.434. The predicted octanol–water partition coefficient (Wildman–Crippen LogP) is 4.49. The number of hydrogen-bond acceptors (Lipinski definition) is 3. The maximum Gasteiger partial charge on any atom is 0.295 e. The molecule has 29 heavy (non-hydrogen) atoms. The molecule has 1 aliphatic rings. The van der Waals surface area contributed by atoms with E-state index in [1.54, 1.807) is 11.1 Å². The van der Waals surface area contributed by atoms with Crippen LogP contribution in [0.4, 0.5) is 0 Å². The molecule has 2 aromatic carbocycles. The van der Waals surface area contributed by atoms with Crippen LogP contribution in [0.2, 0.25) is 5.02 Å². The van der Waals surface area contributed by atoms with Crippen LogP contribution in [0.1, 0.15) is 28.8 Å². The molecule has 0 unspecified atom stereocenters. The lowest BCUT2D eigenvalue weighted by Gasteiger charge is -2.13. The molecule has 2 heterocycles. The van der Waals surface area contributed by atoms with E-state index in [9.17, 15) is 9.59 Å².